The maximum atomic E-state index is 13.9. The molecule has 35 heavy (non-hydrogen) atoms. The summed E-state index contributed by atoms with van der Waals surface area (Å²) in [5.41, 5.74) is 5.46. The summed E-state index contributed by atoms with van der Waals surface area (Å²) >= 11 is 0. The number of nitrogens with zero attached hydrogens (tertiary/aromatic N) is 2. The van der Waals surface area contributed by atoms with Crippen molar-refractivity contribution in [2.24, 2.45) is 5.41 Å². The molecule has 0 spiro atoms. The third kappa shape index (κ3) is 6.36. The molecule has 3 heteroatoms. The van der Waals surface area contributed by atoms with E-state index in [1.807, 2.05) is 0 Å². The number of hydrogen-bond acceptors (Lipinski definition) is 2. The number of likely N-dealkylation sites (tertiary alicyclic amines) is 1. The lowest BCUT2D eigenvalue weighted by molar-refractivity contribution is -0.146. The molecule has 0 bridgehead atoms. The minimum absolute atomic E-state index is 0.198. The normalized spacial score (nSPS) is 16.7. The second-order valence-corrected chi connectivity index (χ2v) is 10.5. The van der Waals surface area contributed by atoms with Gasteiger partial charge in [-0.25, -0.2) is 0 Å². The quantitative estimate of drug-likeness (QED) is 0.315. The lowest BCUT2D eigenvalue weighted by Gasteiger charge is -2.46. The Hall–Kier alpha value is -2.13. The highest BCUT2D eigenvalue weighted by molar-refractivity contribution is 5.83. The minimum atomic E-state index is -0.198. The van der Waals surface area contributed by atoms with E-state index in [0.717, 1.165) is 77.5 Å². The number of carbonyl (C=O) groups excluding carboxylic acids is 1. The molecule has 1 saturated heterocycles. The van der Waals surface area contributed by atoms with Crippen LogP contribution < -0.4 is 0 Å². The van der Waals surface area contributed by atoms with Crippen molar-refractivity contribution in [3.8, 4) is 0 Å². The summed E-state index contributed by atoms with van der Waals surface area (Å²) in [6.45, 7) is 14.7. The SMILES string of the molecule is CCCCC1(C(=O)N(CC)CCC)CCN(C(c2ccccc2C)c2ccccc2CCC)CC1. The molecule has 1 aliphatic rings. The topological polar surface area (TPSA) is 23.6 Å². The van der Waals surface area contributed by atoms with Crippen LogP contribution in [-0.4, -0.2) is 41.9 Å². The van der Waals surface area contributed by atoms with Crippen molar-refractivity contribution < 1.29 is 4.79 Å². The molecule has 1 amide bonds. The van der Waals surface area contributed by atoms with Crippen molar-refractivity contribution in [1.82, 2.24) is 9.80 Å². The molecule has 3 nitrogen and oxygen atoms in total. The molecule has 2 aromatic rings. The zero-order chi connectivity index (χ0) is 25.3. The number of unbranched alkanes of at least 4 members (excludes halogenated alkanes) is 1. The van der Waals surface area contributed by atoms with E-state index in [4.69, 9.17) is 0 Å². The van der Waals surface area contributed by atoms with Crippen LogP contribution in [0.5, 0.6) is 0 Å². The fourth-order valence-corrected chi connectivity index (χ4v) is 6.06. The largest absolute Gasteiger partial charge is 0.343 e. The molecule has 1 unspecified atom stereocenters. The van der Waals surface area contributed by atoms with Crippen LogP contribution in [0.3, 0.4) is 0 Å². The predicted molar refractivity (Wildman–Crippen MR) is 149 cm³/mol. The second-order valence-electron chi connectivity index (χ2n) is 10.5. The molecule has 0 aromatic heterocycles. The van der Waals surface area contributed by atoms with Crippen LogP contribution in [-0.2, 0) is 11.2 Å². The molecule has 0 radical (unpaired) electrons. The van der Waals surface area contributed by atoms with Crippen molar-refractivity contribution in [3.05, 3.63) is 70.8 Å². The van der Waals surface area contributed by atoms with Crippen LogP contribution in [0.25, 0.3) is 0 Å². The molecule has 2 aromatic carbocycles. The van der Waals surface area contributed by atoms with Gasteiger partial charge in [0.1, 0.15) is 0 Å². The van der Waals surface area contributed by atoms with Crippen LogP contribution in [0.4, 0.5) is 0 Å². The number of aryl methyl sites for hydroxylation is 2. The number of rotatable bonds is 12. The number of amides is 1. The van der Waals surface area contributed by atoms with Gasteiger partial charge in [-0.2, -0.15) is 0 Å². The van der Waals surface area contributed by atoms with Gasteiger partial charge in [-0.05, 0) is 68.2 Å². The molecular weight excluding hydrogens is 428 g/mol. The Morgan fingerprint density at radius 2 is 1.57 bits per heavy atom. The molecular formula is C32H48N2O. The lowest BCUT2D eigenvalue weighted by Crippen LogP contribution is -2.51. The molecule has 1 atom stereocenters. The average Bonchev–Trinajstić information content (AvgIpc) is 2.89. The Morgan fingerprint density at radius 1 is 0.914 bits per heavy atom. The first-order chi connectivity index (χ1) is 17.0. The number of piperidine rings is 1. The summed E-state index contributed by atoms with van der Waals surface area (Å²) in [6.07, 6.45) is 8.51. The zero-order valence-corrected chi connectivity index (χ0v) is 23.0. The highest BCUT2D eigenvalue weighted by Crippen LogP contribution is 2.43. The summed E-state index contributed by atoms with van der Waals surface area (Å²) in [5, 5.41) is 0. The Bertz CT molecular complexity index is 929. The Kier molecular flexibility index (Phi) is 10.4. The lowest BCUT2D eigenvalue weighted by atomic mass is 9.72. The first-order valence-corrected chi connectivity index (χ1v) is 14.2. The summed E-state index contributed by atoms with van der Waals surface area (Å²) < 4.78 is 0. The van der Waals surface area contributed by atoms with Crippen LogP contribution in [0.1, 0.15) is 101 Å². The zero-order valence-electron chi connectivity index (χ0n) is 23.0. The van der Waals surface area contributed by atoms with Gasteiger partial charge < -0.3 is 4.90 Å². The van der Waals surface area contributed by atoms with Crippen molar-refractivity contribution in [1.29, 1.82) is 0 Å². The monoisotopic (exact) mass is 476 g/mol. The van der Waals surface area contributed by atoms with E-state index in [9.17, 15) is 4.79 Å². The van der Waals surface area contributed by atoms with Gasteiger partial charge >= 0.3 is 0 Å². The highest BCUT2D eigenvalue weighted by Gasteiger charge is 2.44. The fraction of sp³-hybridized carbons (Fsp3) is 0.594. The van der Waals surface area contributed by atoms with Gasteiger partial charge in [-0.15, -0.1) is 0 Å². The molecule has 0 aliphatic carbocycles. The Balaban J connectivity index is 1.95. The molecule has 1 heterocycles. The first-order valence-electron chi connectivity index (χ1n) is 14.2. The standard InChI is InChI=1S/C32H48N2O/c1-6-10-20-32(31(35)33(9-4)23-8-3)21-24-34(25-22-32)30(28-18-13-11-16-26(28)5)29-19-14-12-17-27(29)15-7-2/h11-14,16-19,30H,6-10,15,20-25H2,1-5H3. The van der Waals surface area contributed by atoms with E-state index in [-0.39, 0.29) is 11.5 Å². The maximum Gasteiger partial charge on any atom is 0.228 e. The smallest absolute Gasteiger partial charge is 0.228 e. The maximum absolute atomic E-state index is 13.9. The van der Waals surface area contributed by atoms with Gasteiger partial charge in [-0.3, -0.25) is 9.69 Å². The van der Waals surface area contributed by atoms with Gasteiger partial charge in [-0.1, -0.05) is 88.6 Å². The summed E-state index contributed by atoms with van der Waals surface area (Å²) in [4.78, 5) is 18.7. The Morgan fingerprint density at radius 3 is 2.17 bits per heavy atom. The van der Waals surface area contributed by atoms with Crippen LogP contribution in [0, 0.1) is 12.3 Å². The van der Waals surface area contributed by atoms with Gasteiger partial charge in [0.15, 0.2) is 0 Å². The van der Waals surface area contributed by atoms with Gasteiger partial charge in [0, 0.05) is 26.2 Å². The molecule has 0 N–H and O–H groups in total. The summed E-state index contributed by atoms with van der Waals surface area (Å²) in [7, 11) is 0. The summed E-state index contributed by atoms with van der Waals surface area (Å²) in [6, 6.07) is 18.2. The van der Waals surface area contributed by atoms with E-state index >= 15 is 0 Å². The number of carbonyl (C=O) groups is 1. The molecule has 3 rings (SSSR count). The molecule has 1 fully saturated rings. The van der Waals surface area contributed by atoms with Gasteiger partial charge in [0.2, 0.25) is 5.91 Å². The van der Waals surface area contributed by atoms with E-state index in [1.54, 1.807) is 0 Å². The van der Waals surface area contributed by atoms with E-state index in [0.29, 0.717) is 5.91 Å². The Labute approximate surface area is 214 Å². The van der Waals surface area contributed by atoms with Crippen molar-refractivity contribution in [2.75, 3.05) is 26.2 Å². The average molecular weight is 477 g/mol. The highest BCUT2D eigenvalue weighted by atomic mass is 16.2. The third-order valence-corrected chi connectivity index (χ3v) is 8.10. The van der Waals surface area contributed by atoms with E-state index in [1.165, 1.54) is 22.3 Å². The second kappa shape index (κ2) is 13.3. The molecule has 0 saturated carbocycles. The van der Waals surface area contributed by atoms with Crippen molar-refractivity contribution in [2.45, 2.75) is 92.0 Å². The third-order valence-electron chi connectivity index (χ3n) is 8.10. The first kappa shape index (κ1) is 27.5. The van der Waals surface area contributed by atoms with E-state index < -0.39 is 0 Å². The minimum Gasteiger partial charge on any atom is -0.343 e. The van der Waals surface area contributed by atoms with Crippen LogP contribution in [0.15, 0.2) is 48.5 Å². The fourth-order valence-electron chi connectivity index (χ4n) is 6.06. The van der Waals surface area contributed by atoms with Crippen molar-refractivity contribution in [3.63, 3.8) is 0 Å². The van der Waals surface area contributed by atoms with Crippen LogP contribution in [0.2, 0.25) is 0 Å². The van der Waals surface area contributed by atoms with Crippen LogP contribution >= 0.6 is 0 Å². The predicted octanol–water partition coefficient (Wildman–Crippen LogP) is 7.57. The van der Waals surface area contributed by atoms with E-state index in [2.05, 4.69) is 92.9 Å². The van der Waals surface area contributed by atoms with Crippen molar-refractivity contribution >= 4 is 5.91 Å². The van der Waals surface area contributed by atoms with Gasteiger partial charge in [0.05, 0.1) is 11.5 Å². The summed E-state index contributed by atoms with van der Waals surface area (Å²) in [5.74, 6) is 0.411. The van der Waals surface area contributed by atoms with Gasteiger partial charge in [0.25, 0.3) is 0 Å². The number of hydrogen-bond donors (Lipinski definition) is 0. The molecule has 1 aliphatic heterocycles. The number of benzene rings is 2. The molecule has 192 valence electrons.